The van der Waals surface area contributed by atoms with Crippen molar-refractivity contribution in [1.82, 2.24) is 0 Å². The Labute approximate surface area is 70.1 Å². The third-order valence-corrected chi connectivity index (χ3v) is 4.06. The van der Waals surface area contributed by atoms with Crippen molar-refractivity contribution in [3.63, 3.8) is 0 Å². The third-order valence-electron chi connectivity index (χ3n) is 2.75. The van der Waals surface area contributed by atoms with Crippen LogP contribution in [0.3, 0.4) is 0 Å². The van der Waals surface area contributed by atoms with Gasteiger partial charge in [-0.15, -0.1) is 0 Å². The van der Waals surface area contributed by atoms with Crippen molar-refractivity contribution >= 4 is 11.8 Å². The summed E-state index contributed by atoms with van der Waals surface area (Å²) < 4.78 is 10.9. The maximum absolute atomic E-state index is 9.56. The van der Waals surface area contributed by atoms with Gasteiger partial charge in [0.25, 0.3) is 0 Å². The number of ether oxygens (including phenoxy) is 2. The van der Waals surface area contributed by atoms with Crippen LogP contribution in [0.15, 0.2) is 0 Å². The molecule has 3 nitrogen and oxygen atoms in total. The average Bonchev–Trinajstić information content (AvgIpc) is 2.34. The van der Waals surface area contributed by atoms with Gasteiger partial charge in [0.05, 0.1) is 12.5 Å². The molecule has 2 saturated heterocycles. The van der Waals surface area contributed by atoms with Gasteiger partial charge in [-0.2, -0.15) is 0 Å². The van der Waals surface area contributed by atoms with E-state index >= 15 is 0 Å². The van der Waals surface area contributed by atoms with Crippen LogP contribution in [-0.2, 0) is 9.47 Å². The summed E-state index contributed by atoms with van der Waals surface area (Å²) in [6, 6.07) is 0. The first-order chi connectivity index (χ1) is 5.08. The minimum absolute atomic E-state index is 0.341. The van der Waals surface area contributed by atoms with E-state index in [-0.39, 0.29) is 4.93 Å². The van der Waals surface area contributed by atoms with Crippen molar-refractivity contribution in [1.29, 1.82) is 0 Å². The van der Waals surface area contributed by atoms with Crippen LogP contribution >= 0.6 is 11.8 Å². The first-order valence-corrected chi connectivity index (χ1v) is 4.67. The van der Waals surface area contributed by atoms with Crippen LogP contribution in [-0.4, -0.2) is 34.3 Å². The lowest BCUT2D eigenvalue weighted by molar-refractivity contribution is -0.0883. The van der Waals surface area contributed by atoms with Gasteiger partial charge in [0, 0.05) is 0 Å². The number of aliphatic hydroxyl groups excluding tert-OH is 1. The number of hydrogen-bond acceptors (Lipinski definition) is 4. The fraction of sp³-hybridized carbons (Fsp3) is 1.00. The summed E-state index contributed by atoms with van der Waals surface area (Å²) in [4.78, 5) is -0.341. The Kier molecular flexibility index (Phi) is 1.52. The van der Waals surface area contributed by atoms with Gasteiger partial charge in [-0.3, -0.25) is 0 Å². The highest BCUT2D eigenvalue weighted by Gasteiger charge is 2.61. The Bertz CT molecular complexity index is 187. The van der Waals surface area contributed by atoms with E-state index in [0.29, 0.717) is 12.5 Å². The van der Waals surface area contributed by atoms with Crippen molar-refractivity contribution in [2.75, 3.05) is 12.5 Å². The zero-order valence-corrected chi connectivity index (χ0v) is 7.48. The van der Waals surface area contributed by atoms with Gasteiger partial charge in [-0.1, -0.05) is 11.8 Å². The zero-order valence-electron chi connectivity index (χ0n) is 6.66. The van der Waals surface area contributed by atoms with Crippen molar-refractivity contribution < 1.29 is 14.6 Å². The number of hydrogen-bond donors (Lipinski definition) is 1. The second-order valence-corrected chi connectivity index (χ2v) is 4.59. The van der Waals surface area contributed by atoms with E-state index in [2.05, 4.69) is 0 Å². The lowest BCUT2D eigenvalue weighted by Gasteiger charge is -2.31. The van der Waals surface area contributed by atoms with E-state index in [1.165, 1.54) is 0 Å². The number of aliphatic hydroxyl groups is 1. The minimum Gasteiger partial charge on any atom is -0.388 e. The molecule has 2 rings (SSSR count). The second kappa shape index (κ2) is 2.13. The van der Waals surface area contributed by atoms with Gasteiger partial charge in [-0.25, -0.2) is 0 Å². The normalized spacial score (nSPS) is 56.5. The summed E-state index contributed by atoms with van der Waals surface area (Å²) in [6.07, 6.45) is -0.484. The topological polar surface area (TPSA) is 38.7 Å². The summed E-state index contributed by atoms with van der Waals surface area (Å²) in [6.45, 7) is 4.27. The molecule has 0 aromatic heterocycles. The molecule has 0 amide bonds. The summed E-state index contributed by atoms with van der Waals surface area (Å²) in [5.74, 6) is 0.615. The van der Waals surface area contributed by atoms with E-state index in [0.717, 1.165) is 0 Å². The molecule has 0 bridgehead atoms. The highest BCUT2D eigenvalue weighted by Crippen LogP contribution is 2.51. The van der Waals surface area contributed by atoms with Crippen LogP contribution in [0.1, 0.15) is 13.8 Å². The lowest BCUT2D eigenvalue weighted by Crippen LogP contribution is -2.47. The monoisotopic (exact) mass is 176 g/mol. The predicted molar refractivity (Wildman–Crippen MR) is 42.3 cm³/mol. The van der Waals surface area contributed by atoms with Gasteiger partial charge in [0.15, 0.2) is 0 Å². The number of fused-ring (bicyclic) bond motifs is 1. The Balaban J connectivity index is 2.33. The van der Waals surface area contributed by atoms with Crippen LogP contribution in [0.2, 0.25) is 0 Å². The Morgan fingerprint density at radius 3 is 2.82 bits per heavy atom. The SMILES string of the molecule is C[C@]12OCC(O)[C@@]1(C)OCS2. The molecule has 0 radical (unpaired) electrons. The standard InChI is InChI=1S/C7H12O3S/c1-6-5(8)3-9-7(6,2)11-4-10-6/h5,8H,3-4H2,1-2H3/t5?,6-,7-/m1/s1. The fourth-order valence-electron chi connectivity index (χ4n) is 1.52. The molecule has 2 aliphatic rings. The van der Waals surface area contributed by atoms with Gasteiger partial charge in [-0.05, 0) is 13.8 Å². The Morgan fingerprint density at radius 1 is 1.45 bits per heavy atom. The van der Waals surface area contributed by atoms with E-state index in [4.69, 9.17) is 9.47 Å². The Morgan fingerprint density at radius 2 is 2.18 bits per heavy atom. The molecule has 4 heteroatoms. The van der Waals surface area contributed by atoms with E-state index in [9.17, 15) is 5.11 Å². The van der Waals surface area contributed by atoms with Gasteiger partial charge in [0.1, 0.15) is 16.6 Å². The van der Waals surface area contributed by atoms with Crippen molar-refractivity contribution in [2.24, 2.45) is 0 Å². The summed E-state index contributed by atoms with van der Waals surface area (Å²) in [5, 5.41) is 9.56. The molecule has 1 N–H and O–H groups in total. The molecule has 2 fully saturated rings. The van der Waals surface area contributed by atoms with Crippen molar-refractivity contribution in [3.05, 3.63) is 0 Å². The van der Waals surface area contributed by atoms with Crippen LogP contribution in [0, 0.1) is 0 Å². The molecular weight excluding hydrogens is 164 g/mol. The van der Waals surface area contributed by atoms with E-state index < -0.39 is 11.7 Å². The van der Waals surface area contributed by atoms with Crippen molar-refractivity contribution in [2.45, 2.75) is 30.5 Å². The summed E-state index contributed by atoms with van der Waals surface area (Å²) in [5.41, 5.74) is -0.502. The van der Waals surface area contributed by atoms with Crippen molar-refractivity contribution in [3.8, 4) is 0 Å². The highest BCUT2D eigenvalue weighted by molar-refractivity contribution is 8.00. The Hall–Kier alpha value is 0.230. The minimum atomic E-state index is -0.502. The molecule has 1 unspecified atom stereocenters. The van der Waals surface area contributed by atoms with Crippen LogP contribution in [0.5, 0.6) is 0 Å². The predicted octanol–water partition coefficient (Wildman–Crippen LogP) is 0.573. The van der Waals surface area contributed by atoms with Crippen LogP contribution in [0.25, 0.3) is 0 Å². The molecule has 0 aromatic rings. The smallest absolute Gasteiger partial charge is 0.144 e. The third kappa shape index (κ3) is 0.811. The number of rotatable bonds is 0. The maximum atomic E-state index is 9.56. The number of thioether (sulfide) groups is 1. The molecule has 2 aliphatic heterocycles. The maximum Gasteiger partial charge on any atom is 0.144 e. The molecule has 0 aliphatic carbocycles. The molecule has 2 heterocycles. The molecule has 64 valence electrons. The highest BCUT2D eigenvalue weighted by atomic mass is 32.2. The largest absolute Gasteiger partial charge is 0.388 e. The van der Waals surface area contributed by atoms with Gasteiger partial charge in [0.2, 0.25) is 0 Å². The molecule has 3 atom stereocenters. The second-order valence-electron chi connectivity index (χ2n) is 3.29. The molecule has 0 saturated carbocycles. The summed E-state index contributed by atoms with van der Waals surface area (Å²) >= 11 is 1.61. The molecular formula is C7H12O3S. The van der Waals surface area contributed by atoms with Crippen LogP contribution in [0.4, 0.5) is 0 Å². The fourth-order valence-corrected chi connectivity index (χ4v) is 2.68. The first-order valence-electron chi connectivity index (χ1n) is 3.68. The van der Waals surface area contributed by atoms with Crippen LogP contribution < -0.4 is 0 Å². The average molecular weight is 176 g/mol. The quantitative estimate of drug-likeness (QED) is 0.585. The van der Waals surface area contributed by atoms with Gasteiger partial charge < -0.3 is 14.6 Å². The van der Waals surface area contributed by atoms with E-state index in [1.807, 2.05) is 13.8 Å². The van der Waals surface area contributed by atoms with E-state index in [1.54, 1.807) is 11.8 Å². The first kappa shape index (κ1) is 7.86. The summed E-state index contributed by atoms with van der Waals surface area (Å²) in [7, 11) is 0. The lowest BCUT2D eigenvalue weighted by atomic mass is 9.96. The van der Waals surface area contributed by atoms with Gasteiger partial charge >= 0.3 is 0 Å². The zero-order chi connectivity index (χ0) is 8.11. The molecule has 11 heavy (non-hydrogen) atoms. The molecule has 0 spiro atoms. The molecule has 0 aromatic carbocycles.